The Bertz CT molecular complexity index is 794. The molecule has 0 bridgehead atoms. The lowest BCUT2D eigenvalue weighted by Gasteiger charge is -2.25. The van der Waals surface area contributed by atoms with Crippen molar-refractivity contribution in [2.24, 2.45) is 0 Å². The summed E-state index contributed by atoms with van der Waals surface area (Å²) in [5.41, 5.74) is 1.01. The largest absolute Gasteiger partial charge is 0.341 e. The maximum atomic E-state index is 12.8. The molecule has 1 saturated heterocycles. The van der Waals surface area contributed by atoms with Crippen molar-refractivity contribution in [3.8, 4) is 0 Å². The van der Waals surface area contributed by atoms with Gasteiger partial charge < -0.3 is 10.2 Å². The Morgan fingerprint density at radius 1 is 1.19 bits per heavy atom. The van der Waals surface area contributed by atoms with Crippen molar-refractivity contribution in [1.82, 2.24) is 10.2 Å². The molecule has 1 aliphatic heterocycles. The maximum Gasteiger partial charge on any atom is 0.252 e. The van der Waals surface area contributed by atoms with Crippen LogP contribution >= 0.6 is 15.9 Å². The molecule has 0 spiro atoms. The predicted octanol–water partition coefficient (Wildman–Crippen LogP) is 3.80. The van der Waals surface area contributed by atoms with Gasteiger partial charge in [0.15, 0.2) is 0 Å². The smallest absolute Gasteiger partial charge is 0.252 e. The number of likely N-dealkylation sites (tertiary alicyclic amines) is 1. The molecule has 0 aromatic heterocycles. The van der Waals surface area contributed by atoms with Crippen molar-refractivity contribution < 1.29 is 9.59 Å². The topological polar surface area (TPSA) is 49.4 Å². The standard InChI is InChI=1S/C21H23BrN2O2/c1-21(23-19(25)17-10-5-11-18(22)15-17)12-14-24(20(21)26)13-6-9-16-7-3-2-4-8-16/h2-5,7-8,10-11,15H,6,9,12-14H2,1H3,(H,23,25). The molecule has 1 unspecified atom stereocenters. The number of rotatable bonds is 6. The Hall–Kier alpha value is -2.14. The quantitative estimate of drug-likeness (QED) is 0.780. The summed E-state index contributed by atoms with van der Waals surface area (Å²) in [6, 6.07) is 17.5. The fraction of sp³-hybridized carbons (Fsp3) is 0.333. The molecular formula is C21H23BrN2O2. The molecular weight excluding hydrogens is 392 g/mol. The Kier molecular flexibility index (Phi) is 5.77. The lowest BCUT2D eigenvalue weighted by molar-refractivity contribution is -0.132. The molecule has 26 heavy (non-hydrogen) atoms. The lowest BCUT2D eigenvalue weighted by atomic mass is 10.00. The SMILES string of the molecule is CC1(NC(=O)c2cccc(Br)c2)CCN(CCCc2ccccc2)C1=O. The molecule has 0 saturated carbocycles. The Balaban J connectivity index is 1.56. The van der Waals surface area contributed by atoms with E-state index in [9.17, 15) is 9.59 Å². The molecule has 3 rings (SSSR count). The second kappa shape index (κ2) is 8.04. The van der Waals surface area contributed by atoms with Crippen molar-refractivity contribution in [2.45, 2.75) is 31.7 Å². The Morgan fingerprint density at radius 3 is 2.69 bits per heavy atom. The summed E-state index contributed by atoms with van der Waals surface area (Å²) < 4.78 is 0.843. The van der Waals surface area contributed by atoms with Crippen LogP contribution < -0.4 is 5.32 Å². The zero-order chi connectivity index (χ0) is 18.6. The van der Waals surface area contributed by atoms with Crippen LogP contribution in [0.2, 0.25) is 0 Å². The van der Waals surface area contributed by atoms with Crippen LogP contribution in [0.4, 0.5) is 0 Å². The van der Waals surface area contributed by atoms with E-state index in [-0.39, 0.29) is 11.8 Å². The van der Waals surface area contributed by atoms with Crippen molar-refractivity contribution >= 4 is 27.7 Å². The van der Waals surface area contributed by atoms with Gasteiger partial charge in [-0.15, -0.1) is 0 Å². The van der Waals surface area contributed by atoms with Crippen LogP contribution in [-0.2, 0) is 11.2 Å². The van der Waals surface area contributed by atoms with E-state index in [1.165, 1.54) is 5.56 Å². The maximum absolute atomic E-state index is 12.8. The van der Waals surface area contributed by atoms with Gasteiger partial charge in [0.25, 0.3) is 5.91 Å². The molecule has 1 atom stereocenters. The number of nitrogens with zero attached hydrogens (tertiary/aromatic N) is 1. The molecule has 1 fully saturated rings. The fourth-order valence-electron chi connectivity index (χ4n) is 3.32. The van der Waals surface area contributed by atoms with E-state index < -0.39 is 5.54 Å². The summed E-state index contributed by atoms with van der Waals surface area (Å²) >= 11 is 3.37. The lowest BCUT2D eigenvalue weighted by Crippen LogP contribution is -2.52. The summed E-state index contributed by atoms with van der Waals surface area (Å²) in [5, 5.41) is 2.94. The summed E-state index contributed by atoms with van der Waals surface area (Å²) in [5.74, 6) is -0.206. The number of benzene rings is 2. The van der Waals surface area contributed by atoms with Crippen LogP contribution in [0.5, 0.6) is 0 Å². The first-order chi connectivity index (χ1) is 12.5. The van der Waals surface area contributed by atoms with E-state index in [1.54, 1.807) is 12.1 Å². The average Bonchev–Trinajstić information content (AvgIpc) is 2.91. The third-order valence-corrected chi connectivity index (χ3v) is 5.35. The van der Waals surface area contributed by atoms with E-state index in [0.29, 0.717) is 18.5 Å². The first-order valence-electron chi connectivity index (χ1n) is 8.89. The van der Waals surface area contributed by atoms with Gasteiger partial charge in [0.2, 0.25) is 5.91 Å². The third-order valence-electron chi connectivity index (χ3n) is 4.85. The molecule has 2 aromatic carbocycles. The van der Waals surface area contributed by atoms with Gasteiger partial charge >= 0.3 is 0 Å². The number of carbonyl (C=O) groups is 2. The summed E-state index contributed by atoms with van der Waals surface area (Å²) in [6.45, 7) is 3.22. The highest BCUT2D eigenvalue weighted by atomic mass is 79.9. The van der Waals surface area contributed by atoms with Gasteiger partial charge in [0, 0.05) is 23.1 Å². The highest BCUT2D eigenvalue weighted by Crippen LogP contribution is 2.24. The number of aryl methyl sites for hydroxylation is 1. The monoisotopic (exact) mass is 414 g/mol. The predicted molar refractivity (Wildman–Crippen MR) is 106 cm³/mol. The fourth-order valence-corrected chi connectivity index (χ4v) is 3.72. The first-order valence-corrected chi connectivity index (χ1v) is 9.69. The molecule has 4 nitrogen and oxygen atoms in total. The number of hydrogen-bond acceptors (Lipinski definition) is 2. The third kappa shape index (κ3) is 4.33. The van der Waals surface area contributed by atoms with Gasteiger partial charge in [0.05, 0.1) is 0 Å². The number of carbonyl (C=O) groups excluding carboxylic acids is 2. The molecule has 136 valence electrons. The van der Waals surface area contributed by atoms with Crippen LogP contribution in [0, 0.1) is 0 Å². The Morgan fingerprint density at radius 2 is 1.96 bits per heavy atom. The average molecular weight is 415 g/mol. The summed E-state index contributed by atoms with van der Waals surface area (Å²) in [4.78, 5) is 27.2. The minimum atomic E-state index is -0.827. The minimum Gasteiger partial charge on any atom is -0.341 e. The van der Waals surface area contributed by atoms with Crippen molar-refractivity contribution in [2.75, 3.05) is 13.1 Å². The van der Waals surface area contributed by atoms with E-state index in [4.69, 9.17) is 0 Å². The molecule has 2 amide bonds. The highest BCUT2D eigenvalue weighted by Gasteiger charge is 2.43. The molecule has 1 N–H and O–H groups in total. The molecule has 1 aliphatic rings. The van der Waals surface area contributed by atoms with E-state index in [2.05, 4.69) is 33.4 Å². The van der Waals surface area contributed by atoms with E-state index in [0.717, 1.165) is 23.9 Å². The zero-order valence-corrected chi connectivity index (χ0v) is 16.5. The van der Waals surface area contributed by atoms with Gasteiger partial charge in [-0.3, -0.25) is 9.59 Å². The van der Waals surface area contributed by atoms with E-state index in [1.807, 2.05) is 42.2 Å². The van der Waals surface area contributed by atoms with Crippen molar-refractivity contribution in [3.05, 3.63) is 70.2 Å². The number of nitrogens with one attached hydrogen (secondary N) is 1. The van der Waals surface area contributed by atoms with Crippen LogP contribution in [0.15, 0.2) is 59.1 Å². The Labute approximate surface area is 162 Å². The van der Waals surface area contributed by atoms with E-state index >= 15 is 0 Å². The second-order valence-corrected chi connectivity index (χ2v) is 7.84. The molecule has 0 aliphatic carbocycles. The number of amides is 2. The van der Waals surface area contributed by atoms with Gasteiger partial charge in [-0.1, -0.05) is 52.3 Å². The van der Waals surface area contributed by atoms with Gasteiger partial charge in [-0.05, 0) is 49.9 Å². The van der Waals surface area contributed by atoms with Crippen molar-refractivity contribution in [3.63, 3.8) is 0 Å². The number of hydrogen-bond donors (Lipinski definition) is 1. The van der Waals surface area contributed by atoms with Gasteiger partial charge in [-0.25, -0.2) is 0 Å². The normalized spacial score (nSPS) is 19.6. The minimum absolute atomic E-state index is 0.00825. The second-order valence-electron chi connectivity index (χ2n) is 6.93. The summed E-state index contributed by atoms with van der Waals surface area (Å²) in [7, 11) is 0. The van der Waals surface area contributed by atoms with Crippen LogP contribution in [0.25, 0.3) is 0 Å². The number of halogens is 1. The van der Waals surface area contributed by atoms with Gasteiger partial charge in [-0.2, -0.15) is 0 Å². The molecule has 1 heterocycles. The van der Waals surface area contributed by atoms with Crippen LogP contribution in [-0.4, -0.2) is 35.3 Å². The molecule has 5 heteroatoms. The summed E-state index contributed by atoms with van der Waals surface area (Å²) in [6.07, 6.45) is 2.51. The van der Waals surface area contributed by atoms with Crippen molar-refractivity contribution in [1.29, 1.82) is 0 Å². The first kappa shape index (κ1) is 18.6. The van der Waals surface area contributed by atoms with Crippen LogP contribution in [0.3, 0.4) is 0 Å². The molecule has 2 aromatic rings. The highest BCUT2D eigenvalue weighted by molar-refractivity contribution is 9.10. The molecule has 0 radical (unpaired) electrons. The van der Waals surface area contributed by atoms with Gasteiger partial charge in [0.1, 0.15) is 5.54 Å². The van der Waals surface area contributed by atoms with Crippen LogP contribution in [0.1, 0.15) is 35.7 Å². The zero-order valence-electron chi connectivity index (χ0n) is 14.9.